The molecule has 1 heterocycles. The molecule has 2 aromatic carbocycles. The van der Waals surface area contributed by atoms with Crippen LogP contribution in [0.5, 0.6) is 0 Å². The van der Waals surface area contributed by atoms with Gasteiger partial charge in [-0.25, -0.2) is 5.43 Å². The van der Waals surface area contributed by atoms with Crippen LogP contribution < -0.4 is 5.43 Å². The lowest BCUT2D eigenvalue weighted by Gasteiger charge is -2.02. The number of nitrogens with one attached hydrogen (secondary N) is 2. The van der Waals surface area contributed by atoms with Gasteiger partial charge >= 0.3 is 0 Å². The summed E-state index contributed by atoms with van der Waals surface area (Å²) in [6, 6.07) is 17.0. The van der Waals surface area contributed by atoms with E-state index >= 15 is 0 Å². The highest BCUT2D eigenvalue weighted by Gasteiger charge is 2.07. The maximum Gasteiger partial charge on any atom is 0.271 e. The number of carbonyl (C=O) groups excluding carboxylic acids is 1. The third-order valence-corrected chi connectivity index (χ3v) is 3.34. The molecule has 1 aromatic heterocycles. The summed E-state index contributed by atoms with van der Waals surface area (Å²) in [7, 11) is 0. The first-order valence-electron chi connectivity index (χ1n) is 6.72. The average Bonchev–Trinajstić information content (AvgIpc) is 2.97. The zero-order valence-corrected chi connectivity index (χ0v) is 11.6. The van der Waals surface area contributed by atoms with Gasteiger partial charge in [-0.05, 0) is 25.1 Å². The van der Waals surface area contributed by atoms with E-state index in [1.165, 1.54) is 0 Å². The van der Waals surface area contributed by atoms with Gasteiger partial charge in [0.25, 0.3) is 5.91 Å². The van der Waals surface area contributed by atoms with Gasteiger partial charge in [-0.3, -0.25) is 4.79 Å². The maximum absolute atomic E-state index is 12.0. The molecular formula is C17H15N3O. The highest BCUT2D eigenvalue weighted by molar-refractivity contribution is 6.10. The van der Waals surface area contributed by atoms with E-state index < -0.39 is 0 Å². The maximum atomic E-state index is 12.0. The van der Waals surface area contributed by atoms with Crippen LogP contribution in [-0.2, 0) is 0 Å². The molecule has 0 saturated carbocycles. The molecule has 0 unspecified atom stereocenters. The summed E-state index contributed by atoms with van der Waals surface area (Å²) in [6.45, 7) is 1.88. The number of aromatic nitrogens is 1. The molecule has 0 bridgehead atoms. The number of rotatable bonds is 3. The van der Waals surface area contributed by atoms with Crippen molar-refractivity contribution in [2.75, 3.05) is 0 Å². The van der Waals surface area contributed by atoms with E-state index in [2.05, 4.69) is 15.5 Å². The minimum absolute atomic E-state index is 0.213. The number of para-hydroxylation sites is 1. The molecule has 3 aromatic rings. The van der Waals surface area contributed by atoms with Gasteiger partial charge in [-0.2, -0.15) is 5.10 Å². The van der Waals surface area contributed by atoms with Gasteiger partial charge in [0.1, 0.15) is 0 Å². The summed E-state index contributed by atoms with van der Waals surface area (Å²) >= 11 is 0. The second kappa shape index (κ2) is 5.63. The van der Waals surface area contributed by atoms with Crippen molar-refractivity contribution in [1.82, 2.24) is 10.4 Å². The molecule has 0 radical (unpaired) electrons. The Morgan fingerprint density at radius 1 is 1.05 bits per heavy atom. The Morgan fingerprint density at radius 3 is 2.57 bits per heavy atom. The Kier molecular flexibility index (Phi) is 3.51. The minimum atomic E-state index is -0.213. The van der Waals surface area contributed by atoms with Crippen LogP contribution in [-0.4, -0.2) is 16.6 Å². The molecule has 0 fully saturated rings. The van der Waals surface area contributed by atoms with Crippen molar-refractivity contribution in [1.29, 1.82) is 0 Å². The largest absolute Gasteiger partial charge is 0.360 e. The van der Waals surface area contributed by atoms with Crippen LogP contribution in [0.15, 0.2) is 65.9 Å². The Hall–Kier alpha value is -2.88. The number of hydrogen-bond donors (Lipinski definition) is 2. The van der Waals surface area contributed by atoms with Gasteiger partial charge < -0.3 is 4.98 Å². The number of hydrazone groups is 1. The van der Waals surface area contributed by atoms with Crippen LogP contribution in [0.1, 0.15) is 22.8 Å². The Morgan fingerprint density at radius 2 is 1.76 bits per heavy atom. The Balaban J connectivity index is 1.82. The third-order valence-electron chi connectivity index (χ3n) is 3.34. The predicted octanol–water partition coefficient (Wildman–Crippen LogP) is 3.32. The average molecular weight is 277 g/mol. The number of amides is 1. The summed E-state index contributed by atoms with van der Waals surface area (Å²) in [5, 5.41) is 5.28. The summed E-state index contributed by atoms with van der Waals surface area (Å²) in [5.41, 5.74) is 5.98. The van der Waals surface area contributed by atoms with Crippen LogP contribution >= 0.6 is 0 Å². The first kappa shape index (κ1) is 13.1. The summed E-state index contributed by atoms with van der Waals surface area (Å²) in [4.78, 5) is 15.2. The van der Waals surface area contributed by atoms with E-state index in [1.807, 2.05) is 55.6 Å². The highest BCUT2D eigenvalue weighted by atomic mass is 16.2. The van der Waals surface area contributed by atoms with Crippen LogP contribution in [0.2, 0.25) is 0 Å². The molecule has 0 aliphatic rings. The minimum Gasteiger partial charge on any atom is -0.360 e. The van der Waals surface area contributed by atoms with Crippen molar-refractivity contribution in [3.63, 3.8) is 0 Å². The molecule has 0 spiro atoms. The fourth-order valence-corrected chi connectivity index (χ4v) is 2.22. The first-order valence-corrected chi connectivity index (χ1v) is 6.72. The third kappa shape index (κ3) is 2.69. The van der Waals surface area contributed by atoms with Gasteiger partial charge in [0.05, 0.1) is 5.71 Å². The number of carbonyl (C=O) groups is 1. The summed E-state index contributed by atoms with van der Waals surface area (Å²) in [6.07, 6.45) is 1.90. The topological polar surface area (TPSA) is 57.2 Å². The summed E-state index contributed by atoms with van der Waals surface area (Å²) < 4.78 is 0. The smallest absolute Gasteiger partial charge is 0.271 e. The van der Waals surface area contributed by atoms with E-state index in [-0.39, 0.29) is 5.91 Å². The van der Waals surface area contributed by atoms with Crippen LogP contribution in [0.25, 0.3) is 10.9 Å². The predicted molar refractivity (Wildman–Crippen MR) is 84.4 cm³/mol. The number of H-pyrrole nitrogens is 1. The van der Waals surface area contributed by atoms with Gasteiger partial charge in [0.15, 0.2) is 0 Å². The summed E-state index contributed by atoms with van der Waals surface area (Å²) in [5.74, 6) is -0.213. The monoisotopic (exact) mass is 277 g/mol. The molecule has 104 valence electrons. The number of aromatic amines is 1. The molecule has 0 aliphatic heterocycles. The van der Waals surface area contributed by atoms with Crippen molar-refractivity contribution in [3.8, 4) is 0 Å². The van der Waals surface area contributed by atoms with E-state index in [1.54, 1.807) is 12.1 Å². The normalized spacial score (nSPS) is 11.6. The second-order valence-corrected chi connectivity index (χ2v) is 4.75. The van der Waals surface area contributed by atoms with Gasteiger partial charge in [0, 0.05) is 28.2 Å². The van der Waals surface area contributed by atoms with Crippen molar-refractivity contribution >= 4 is 22.5 Å². The van der Waals surface area contributed by atoms with Crippen molar-refractivity contribution in [2.24, 2.45) is 5.10 Å². The second-order valence-electron chi connectivity index (χ2n) is 4.75. The van der Waals surface area contributed by atoms with Gasteiger partial charge in [0.2, 0.25) is 0 Å². The standard InChI is InChI=1S/C17H15N3O/c1-12(15-11-18-16-10-6-5-9-14(15)16)19-20-17(21)13-7-3-2-4-8-13/h2-11,18H,1H3,(H,20,21). The van der Waals surface area contributed by atoms with E-state index in [9.17, 15) is 4.79 Å². The van der Waals surface area contributed by atoms with Crippen LogP contribution in [0.3, 0.4) is 0 Å². The highest BCUT2D eigenvalue weighted by Crippen LogP contribution is 2.18. The first-order chi connectivity index (χ1) is 10.3. The molecule has 3 rings (SSSR count). The number of hydrogen-bond acceptors (Lipinski definition) is 2. The van der Waals surface area contributed by atoms with Gasteiger partial charge in [-0.1, -0.05) is 36.4 Å². The van der Waals surface area contributed by atoms with Crippen molar-refractivity contribution < 1.29 is 4.79 Å². The number of benzene rings is 2. The Labute approximate surface area is 122 Å². The van der Waals surface area contributed by atoms with Crippen molar-refractivity contribution in [2.45, 2.75) is 6.92 Å². The number of fused-ring (bicyclic) bond motifs is 1. The molecule has 21 heavy (non-hydrogen) atoms. The van der Waals surface area contributed by atoms with E-state index in [4.69, 9.17) is 0 Å². The fraction of sp³-hybridized carbons (Fsp3) is 0.0588. The lowest BCUT2D eigenvalue weighted by Crippen LogP contribution is -2.19. The van der Waals surface area contributed by atoms with Gasteiger partial charge in [-0.15, -0.1) is 0 Å². The fourth-order valence-electron chi connectivity index (χ4n) is 2.22. The Bertz CT molecular complexity index is 803. The lowest BCUT2D eigenvalue weighted by atomic mass is 10.1. The molecule has 1 amide bonds. The zero-order valence-electron chi connectivity index (χ0n) is 11.6. The molecule has 4 heteroatoms. The zero-order chi connectivity index (χ0) is 14.7. The SMILES string of the molecule is CC(=NNC(=O)c1ccccc1)c1c[nH]c2ccccc12. The van der Waals surface area contributed by atoms with Crippen LogP contribution in [0, 0.1) is 0 Å². The molecule has 4 nitrogen and oxygen atoms in total. The van der Waals surface area contributed by atoms with E-state index in [0.717, 1.165) is 22.2 Å². The molecule has 0 aliphatic carbocycles. The molecule has 2 N–H and O–H groups in total. The van der Waals surface area contributed by atoms with Crippen molar-refractivity contribution in [3.05, 3.63) is 71.9 Å². The quantitative estimate of drug-likeness (QED) is 0.560. The molecule has 0 atom stereocenters. The number of nitrogens with zero attached hydrogens (tertiary/aromatic N) is 1. The van der Waals surface area contributed by atoms with E-state index in [0.29, 0.717) is 5.56 Å². The lowest BCUT2D eigenvalue weighted by molar-refractivity contribution is 0.0955. The molecule has 0 saturated heterocycles. The molecular weight excluding hydrogens is 262 g/mol. The van der Waals surface area contributed by atoms with Crippen LogP contribution in [0.4, 0.5) is 0 Å².